The molecule has 0 fully saturated rings. The minimum Gasteiger partial charge on any atom is -0.481 e. The van der Waals surface area contributed by atoms with Gasteiger partial charge in [0.2, 0.25) is 0 Å². The third-order valence-electron chi connectivity index (χ3n) is 2.63. The Morgan fingerprint density at radius 2 is 2.07 bits per heavy atom. The first-order valence-corrected chi connectivity index (χ1v) is 5.28. The molecule has 0 aliphatic rings. The van der Waals surface area contributed by atoms with Crippen LogP contribution in [-0.4, -0.2) is 11.1 Å². The van der Waals surface area contributed by atoms with Crippen molar-refractivity contribution in [3.05, 3.63) is 33.8 Å². The number of carboxylic acids is 1. The average Bonchev–Trinajstić information content (AvgIpc) is 2.13. The third kappa shape index (κ3) is 2.72. The summed E-state index contributed by atoms with van der Waals surface area (Å²) in [7, 11) is 0. The van der Waals surface area contributed by atoms with Crippen LogP contribution in [-0.2, 0) is 4.79 Å². The quantitative estimate of drug-likeness (QED) is 0.856. The zero-order valence-corrected chi connectivity index (χ0v) is 9.93. The fraction of sp³-hybridized carbons (Fsp3) is 0.417. The summed E-state index contributed by atoms with van der Waals surface area (Å²) in [6.07, 6.45) is 0.139. The van der Waals surface area contributed by atoms with Gasteiger partial charge in [0.05, 0.1) is 6.42 Å². The predicted molar refractivity (Wildman–Crippen MR) is 61.6 cm³/mol. The molecule has 0 aliphatic carbocycles. The lowest BCUT2D eigenvalue weighted by Gasteiger charge is -2.14. The molecular weight excluding hydrogens is 212 g/mol. The summed E-state index contributed by atoms with van der Waals surface area (Å²) in [5, 5.41) is 9.47. The molecule has 1 N–H and O–H groups in total. The van der Waals surface area contributed by atoms with Crippen LogP contribution in [0.15, 0.2) is 12.1 Å². The summed E-state index contributed by atoms with van der Waals surface area (Å²) in [5.41, 5.74) is 3.04. The van der Waals surface area contributed by atoms with E-state index in [-0.39, 0.29) is 12.3 Å². The first kappa shape index (κ1) is 12.1. The summed E-state index contributed by atoms with van der Waals surface area (Å²) >= 11 is 6.12. The molecule has 82 valence electrons. The Hall–Kier alpha value is -1.02. The van der Waals surface area contributed by atoms with Gasteiger partial charge in [-0.1, -0.05) is 30.7 Å². The number of hydrogen-bond donors (Lipinski definition) is 1. The molecule has 1 unspecified atom stereocenters. The van der Waals surface area contributed by atoms with Gasteiger partial charge in [-0.25, -0.2) is 0 Å². The minimum atomic E-state index is -0.779. The molecule has 0 bridgehead atoms. The molecule has 1 aromatic carbocycles. The van der Waals surface area contributed by atoms with Crippen molar-refractivity contribution in [2.24, 2.45) is 0 Å². The molecule has 3 heteroatoms. The first-order chi connectivity index (χ1) is 6.93. The zero-order valence-electron chi connectivity index (χ0n) is 9.17. The van der Waals surface area contributed by atoms with Crippen LogP contribution < -0.4 is 0 Å². The highest BCUT2D eigenvalue weighted by Crippen LogP contribution is 2.29. The zero-order chi connectivity index (χ0) is 11.6. The fourth-order valence-electron chi connectivity index (χ4n) is 1.74. The van der Waals surface area contributed by atoms with Crippen LogP contribution in [0.25, 0.3) is 0 Å². The van der Waals surface area contributed by atoms with Crippen LogP contribution in [0.3, 0.4) is 0 Å². The molecule has 0 spiro atoms. The second-order valence-electron chi connectivity index (χ2n) is 3.91. The van der Waals surface area contributed by atoms with Gasteiger partial charge in [-0.05, 0) is 36.5 Å². The maximum absolute atomic E-state index is 10.6. The van der Waals surface area contributed by atoms with Crippen molar-refractivity contribution >= 4 is 17.6 Å². The summed E-state index contributed by atoms with van der Waals surface area (Å²) in [6, 6.07) is 3.90. The lowest BCUT2D eigenvalue weighted by atomic mass is 9.92. The van der Waals surface area contributed by atoms with E-state index in [0.29, 0.717) is 0 Å². The van der Waals surface area contributed by atoms with Crippen LogP contribution in [0, 0.1) is 13.8 Å². The van der Waals surface area contributed by atoms with E-state index >= 15 is 0 Å². The molecular formula is C12H15ClO2. The second kappa shape index (κ2) is 4.67. The van der Waals surface area contributed by atoms with Gasteiger partial charge in [-0.2, -0.15) is 0 Å². The number of halogens is 1. The molecule has 0 saturated heterocycles. The van der Waals surface area contributed by atoms with Crippen molar-refractivity contribution in [1.29, 1.82) is 0 Å². The van der Waals surface area contributed by atoms with E-state index in [2.05, 4.69) is 0 Å². The monoisotopic (exact) mass is 226 g/mol. The maximum atomic E-state index is 10.6. The Morgan fingerprint density at radius 3 is 2.60 bits per heavy atom. The lowest BCUT2D eigenvalue weighted by Crippen LogP contribution is -2.05. The maximum Gasteiger partial charge on any atom is 0.303 e. The third-order valence-corrected chi connectivity index (χ3v) is 3.21. The number of aliphatic carboxylic acids is 1. The van der Waals surface area contributed by atoms with Gasteiger partial charge >= 0.3 is 5.97 Å². The van der Waals surface area contributed by atoms with Gasteiger partial charge in [-0.15, -0.1) is 0 Å². The van der Waals surface area contributed by atoms with E-state index < -0.39 is 5.97 Å². The Balaban J connectivity index is 3.05. The average molecular weight is 227 g/mol. The van der Waals surface area contributed by atoms with E-state index in [9.17, 15) is 4.79 Å². The molecule has 0 radical (unpaired) electrons. The summed E-state index contributed by atoms with van der Waals surface area (Å²) in [6.45, 7) is 5.78. The number of rotatable bonds is 3. The largest absolute Gasteiger partial charge is 0.481 e. The van der Waals surface area contributed by atoms with Crippen molar-refractivity contribution < 1.29 is 9.90 Å². The van der Waals surface area contributed by atoms with Crippen molar-refractivity contribution in [2.45, 2.75) is 33.1 Å². The highest BCUT2D eigenvalue weighted by molar-refractivity contribution is 6.32. The second-order valence-corrected chi connectivity index (χ2v) is 4.29. The van der Waals surface area contributed by atoms with Gasteiger partial charge in [0.15, 0.2) is 0 Å². The molecule has 0 aliphatic heterocycles. The van der Waals surface area contributed by atoms with Crippen LogP contribution in [0.5, 0.6) is 0 Å². The Morgan fingerprint density at radius 1 is 1.47 bits per heavy atom. The molecule has 0 saturated carbocycles. The summed E-state index contributed by atoms with van der Waals surface area (Å²) in [4.78, 5) is 10.6. The van der Waals surface area contributed by atoms with Crippen molar-refractivity contribution in [2.75, 3.05) is 0 Å². The van der Waals surface area contributed by atoms with Gasteiger partial charge in [-0.3, -0.25) is 4.79 Å². The molecule has 2 nitrogen and oxygen atoms in total. The summed E-state index contributed by atoms with van der Waals surface area (Å²) in [5.74, 6) is -0.779. The van der Waals surface area contributed by atoms with Crippen LogP contribution in [0.4, 0.5) is 0 Å². The molecule has 0 heterocycles. The van der Waals surface area contributed by atoms with Crippen molar-refractivity contribution in [3.63, 3.8) is 0 Å². The minimum absolute atomic E-state index is 0.000556. The van der Waals surface area contributed by atoms with Crippen molar-refractivity contribution in [3.8, 4) is 0 Å². The first-order valence-electron chi connectivity index (χ1n) is 4.91. The molecule has 15 heavy (non-hydrogen) atoms. The van der Waals surface area contributed by atoms with Gasteiger partial charge < -0.3 is 5.11 Å². The van der Waals surface area contributed by atoms with Crippen LogP contribution in [0.2, 0.25) is 5.02 Å². The molecule has 1 atom stereocenters. The molecule has 1 rings (SSSR count). The highest BCUT2D eigenvalue weighted by Gasteiger charge is 2.14. The van der Waals surface area contributed by atoms with E-state index in [4.69, 9.17) is 16.7 Å². The topological polar surface area (TPSA) is 37.3 Å². The van der Waals surface area contributed by atoms with Gasteiger partial charge in [0, 0.05) is 5.02 Å². The van der Waals surface area contributed by atoms with E-state index in [1.807, 2.05) is 32.9 Å². The molecule has 0 aromatic heterocycles. The lowest BCUT2D eigenvalue weighted by molar-refractivity contribution is -0.137. The number of carbonyl (C=O) groups is 1. The standard InChI is InChI=1S/C12H15ClO2/c1-7-4-5-10(9(3)12(7)13)8(2)6-11(14)15/h4-5,8H,6H2,1-3H3,(H,14,15). The number of aryl methyl sites for hydroxylation is 1. The smallest absolute Gasteiger partial charge is 0.303 e. The Kier molecular flexibility index (Phi) is 3.75. The van der Waals surface area contributed by atoms with E-state index in [1.165, 1.54) is 0 Å². The summed E-state index contributed by atoms with van der Waals surface area (Å²) < 4.78 is 0. The van der Waals surface area contributed by atoms with Crippen LogP contribution >= 0.6 is 11.6 Å². The van der Waals surface area contributed by atoms with E-state index in [1.54, 1.807) is 0 Å². The number of hydrogen-bond acceptors (Lipinski definition) is 1. The Labute approximate surface area is 94.9 Å². The number of carboxylic acid groups (broad SMARTS) is 1. The highest BCUT2D eigenvalue weighted by atomic mass is 35.5. The van der Waals surface area contributed by atoms with Gasteiger partial charge in [0.1, 0.15) is 0 Å². The molecule has 0 amide bonds. The van der Waals surface area contributed by atoms with Crippen LogP contribution in [0.1, 0.15) is 36.0 Å². The van der Waals surface area contributed by atoms with Crippen molar-refractivity contribution in [1.82, 2.24) is 0 Å². The van der Waals surface area contributed by atoms with Gasteiger partial charge in [0.25, 0.3) is 0 Å². The SMILES string of the molecule is Cc1ccc(C(C)CC(=O)O)c(C)c1Cl. The Bertz CT molecular complexity index is 385. The molecule has 1 aromatic rings. The normalized spacial score (nSPS) is 12.5. The predicted octanol–water partition coefficient (Wildman–Crippen LogP) is 3.54. The van der Waals surface area contributed by atoms with E-state index in [0.717, 1.165) is 21.7 Å². The number of benzene rings is 1. The fourth-order valence-corrected chi connectivity index (χ4v) is 1.91.